The fraction of sp³-hybridized carbons (Fsp3) is 0.533. The Morgan fingerprint density at radius 1 is 1.32 bits per heavy atom. The van der Waals surface area contributed by atoms with Crippen molar-refractivity contribution >= 4 is 21.8 Å². The summed E-state index contributed by atoms with van der Waals surface area (Å²) < 4.78 is 1.08. The molecule has 0 saturated carbocycles. The van der Waals surface area contributed by atoms with Gasteiger partial charge in [0.1, 0.15) is 0 Å². The standard InChI is InChI=1S/C15H21BrN2O/c1-12(13-7-3-4-8-14(13)16)17-11-15(19)18-9-5-2-6-10-18/h3-4,7-8,12,17H,2,5-6,9-11H2,1H3/t12-/m0/s1. The van der Waals surface area contributed by atoms with E-state index in [4.69, 9.17) is 0 Å². The Balaban J connectivity index is 1.84. The summed E-state index contributed by atoms with van der Waals surface area (Å²) in [7, 11) is 0. The number of hydrogen-bond acceptors (Lipinski definition) is 2. The molecule has 1 fully saturated rings. The molecule has 0 spiro atoms. The predicted molar refractivity (Wildman–Crippen MR) is 81.0 cm³/mol. The van der Waals surface area contributed by atoms with Crippen molar-refractivity contribution in [1.82, 2.24) is 10.2 Å². The Labute approximate surface area is 123 Å². The lowest BCUT2D eigenvalue weighted by Crippen LogP contribution is -2.41. The second-order valence-electron chi connectivity index (χ2n) is 5.07. The van der Waals surface area contributed by atoms with Gasteiger partial charge in [0.2, 0.25) is 5.91 Å². The number of benzene rings is 1. The molecular formula is C15H21BrN2O. The number of halogens is 1. The van der Waals surface area contributed by atoms with Crippen LogP contribution in [-0.2, 0) is 4.79 Å². The smallest absolute Gasteiger partial charge is 0.236 e. The molecule has 2 rings (SSSR count). The van der Waals surface area contributed by atoms with Gasteiger partial charge in [0.15, 0.2) is 0 Å². The lowest BCUT2D eigenvalue weighted by atomic mass is 10.1. The number of carbonyl (C=O) groups excluding carboxylic acids is 1. The van der Waals surface area contributed by atoms with E-state index in [1.165, 1.54) is 12.0 Å². The van der Waals surface area contributed by atoms with Gasteiger partial charge in [0.05, 0.1) is 6.54 Å². The molecular weight excluding hydrogens is 304 g/mol. The van der Waals surface area contributed by atoms with Crippen LogP contribution in [0.5, 0.6) is 0 Å². The molecule has 19 heavy (non-hydrogen) atoms. The Hall–Kier alpha value is -0.870. The quantitative estimate of drug-likeness (QED) is 0.922. The highest BCUT2D eigenvalue weighted by Gasteiger charge is 2.17. The van der Waals surface area contributed by atoms with Gasteiger partial charge >= 0.3 is 0 Å². The molecule has 104 valence electrons. The van der Waals surface area contributed by atoms with Crippen molar-refractivity contribution < 1.29 is 4.79 Å². The van der Waals surface area contributed by atoms with Crippen molar-refractivity contribution in [3.05, 3.63) is 34.3 Å². The van der Waals surface area contributed by atoms with Crippen molar-refractivity contribution in [2.45, 2.75) is 32.2 Å². The molecule has 1 atom stereocenters. The van der Waals surface area contributed by atoms with Crippen molar-refractivity contribution in [2.75, 3.05) is 19.6 Å². The Bertz CT molecular complexity index is 430. The third kappa shape index (κ3) is 4.05. The largest absolute Gasteiger partial charge is 0.342 e. The summed E-state index contributed by atoms with van der Waals surface area (Å²) in [6.45, 7) is 4.35. The van der Waals surface area contributed by atoms with Gasteiger partial charge in [0.25, 0.3) is 0 Å². The fourth-order valence-electron chi connectivity index (χ4n) is 2.43. The lowest BCUT2D eigenvalue weighted by Gasteiger charge is -2.27. The molecule has 1 aliphatic heterocycles. The van der Waals surface area contributed by atoms with Crippen LogP contribution in [0.25, 0.3) is 0 Å². The van der Waals surface area contributed by atoms with Crippen LogP contribution < -0.4 is 5.32 Å². The van der Waals surface area contributed by atoms with Crippen LogP contribution in [0.15, 0.2) is 28.7 Å². The van der Waals surface area contributed by atoms with Crippen molar-refractivity contribution in [3.63, 3.8) is 0 Å². The normalized spacial score (nSPS) is 17.3. The van der Waals surface area contributed by atoms with Crippen LogP contribution in [0, 0.1) is 0 Å². The summed E-state index contributed by atoms with van der Waals surface area (Å²) in [4.78, 5) is 14.0. The minimum Gasteiger partial charge on any atom is -0.342 e. The molecule has 1 N–H and O–H groups in total. The van der Waals surface area contributed by atoms with E-state index in [1.54, 1.807) is 0 Å². The second kappa shape index (κ2) is 7.06. The van der Waals surface area contributed by atoms with Gasteiger partial charge in [0, 0.05) is 23.6 Å². The number of rotatable bonds is 4. The number of nitrogens with zero attached hydrogens (tertiary/aromatic N) is 1. The first-order valence-corrected chi connectivity index (χ1v) is 7.73. The summed E-state index contributed by atoms with van der Waals surface area (Å²) in [6, 6.07) is 8.29. The molecule has 3 nitrogen and oxygen atoms in total. The van der Waals surface area contributed by atoms with Gasteiger partial charge in [-0.25, -0.2) is 0 Å². The van der Waals surface area contributed by atoms with Crippen LogP contribution in [-0.4, -0.2) is 30.4 Å². The zero-order chi connectivity index (χ0) is 13.7. The fourth-order valence-corrected chi connectivity index (χ4v) is 3.06. The summed E-state index contributed by atoms with van der Waals surface area (Å²) >= 11 is 3.55. The van der Waals surface area contributed by atoms with Crippen LogP contribution in [0.4, 0.5) is 0 Å². The molecule has 1 aromatic rings. The third-order valence-electron chi connectivity index (χ3n) is 3.64. The number of nitrogens with one attached hydrogen (secondary N) is 1. The maximum Gasteiger partial charge on any atom is 0.236 e. The van der Waals surface area contributed by atoms with E-state index >= 15 is 0 Å². The average molecular weight is 325 g/mol. The highest BCUT2D eigenvalue weighted by molar-refractivity contribution is 9.10. The first kappa shape index (κ1) is 14.5. The van der Waals surface area contributed by atoms with Gasteiger partial charge in [-0.2, -0.15) is 0 Å². The van der Waals surface area contributed by atoms with E-state index in [9.17, 15) is 4.79 Å². The molecule has 0 aliphatic carbocycles. The molecule has 1 amide bonds. The molecule has 0 bridgehead atoms. The molecule has 1 heterocycles. The van der Waals surface area contributed by atoms with E-state index in [1.807, 2.05) is 23.1 Å². The number of amides is 1. The minimum absolute atomic E-state index is 0.171. The van der Waals surface area contributed by atoms with Gasteiger partial charge in [-0.05, 0) is 37.8 Å². The van der Waals surface area contributed by atoms with Crippen LogP contribution >= 0.6 is 15.9 Å². The van der Waals surface area contributed by atoms with Crippen LogP contribution in [0.2, 0.25) is 0 Å². The molecule has 0 unspecified atom stereocenters. The van der Waals surface area contributed by atoms with E-state index in [0.29, 0.717) is 6.54 Å². The second-order valence-corrected chi connectivity index (χ2v) is 5.92. The summed E-state index contributed by atoms with van der Waals surface area (Å²) in [6.07, 6.45) is 3.54. The first-order valence-electron chi connectivity index (χ1n) is 6.94. The van der Waals surface area contributed by atoms with Crippen LogP contribution in [0.1, 0.15) is 37.8 Å². The Kier molecular flexibility index (Phi) is 5.40. The summed E-state index contributed by atoms with van der Waals surface area (Å²) in [5, 5.41) is 3.32. The molecule has 1 saturated heterocycles. The van der Waals surface area contributed by atoms with E-state index in [0.717, 1.165) is 30.4 Å². The maximum atomic E-state index is 12.1. The highest BCUT2D eigenvalue weighted by atomic mass is 79.9. The molecule has 4 heteroatoms. The predicted octanol–water partition coefficient (Wildman–Crippen LogP) is 3.11. The average Bonchev–Trinajstić information content (AvgIpc) is 2.46. The molecule has 0 aromatic heterocycles. The van der Waals surface area contributed by atoms with E-state index in [-0.39, 0.29) is 11.9 Å². The molecule has 0 radical (unpaired) electrons. The Morgan fingerprint density at radius 2 is 2.00 bits per heavy atom. The van der Waals surface area contributed by atoms with Crippen molar-refractivity contribution in [2.24, 2.45) is 0 Å². The number of piperidine rings is 1. The monoisotopic (exact) mass is 324 g/mol. The van der Waals surface area contributed by atoms with E-state index < -0.39 is 0 Å². The van der Waals surface area contributed by atoms with E-state index in [2.05, 4.69) is 34.2 Å². The third-order valence-corrected chi connectivity index (χ3v) is 4.36. The molecule has 1 aromatic carbocycles. The molecule has 1 aliphatic rings. The highest BCUT2D eigenvalue weighted by Crippen LogP contribution is 2.22. The number of carbonyl (C=O) groups is 1. The van der Waals surface area contributed by atoms with Gasteiger partial charge in [-0.3, -0.25) is 4.79 Å². The lowest BCUT2D eigenvalue weighted by molar-refractivity contribution is -0.131. The Morgan fingerprint density at radius 3 is 2.68 bits per heavy atom. The summed E-state index contributed by atoms with van der Waals surface area (Å²) in [5.74, 6) is 0.221. The summed E-state index contributed by atoms with van der Waals surface area (Å²) in [5.41, 5.74) is 1.19. The zero-order valence-corrected chi connectivity index (χ0v) is 12.9. The SMILES string of the molecule is C[C@H](NCC(=O)N1CCCCC1)c1ccccc1Br. The number of likely N-dealkylation sites (tertiary alicyclic amines) is 1. The van der Waals surface area contributed by atoms with Gasteiger partial charge in [-0.15, -0.1) is 0 Å². The number of hydrogen-bond donors (Lipinski definition) is 1. The topological polar surface area (TPSA) is 32.3 Å². The first-order chi connectivity index (χ1) is 9.18. The van der Waals surface area contributed by atoms with Crippen molar-refractivity contribution in [1.29, 1.82) is 0 Å². The van der Waals surface area contributed by atoms with Crippen LogP contribution in [0.3, 0.4) is 0 Å². The van der Waals surface area contributed by atoms with Crippen molar-refractivity contribution in [3.8, 4) is 0 Å². The minimum atomic E-state index is 0.171. The van der Waals surface area contributed by atoms with Gasteiger partial charge in [-0.1, -0.05) is 34.1 Å². The maximum absolute atomic E-state index is 12.1. The zero-order valence-electron chi connectivity index (χ0n) is 11.4. The van der Waals surface area contributed by atoms with Gasteiger partial charge < -0.3 is 10.2 Å².